The molecule has 1 aliphatic rings. The van der Waals surface area contributed by atoms with E-state index >= 15 is 0 Å². The summed E-state index contributed by atoms with van der Waals surface area (Å²) in [5, 5.41) is 3.23. The fraction of sp³-hybridized carbons (Fsp3) is 0.875. The van der Waals surface area contributed by atoms with Gasteiger partial charge in [0.1, 0.15) is 5.78 Å². The third-order valence-corrected chi connectivity index (χ3v) is 2.04. The maximum absolute atomic E-state index is 11.2. The highest BCUT2D eigenvalue weighted by molar-refractivity contribution is 5.84. The first kappa shape index (κ1) is 7.73. The van der Waals surface area contributed by atoms with Gasteiger partial charge < -0.3 is 5.32 Å². The maximum atomic E-state index is 11.2. The molecule has 1 aliphatic heterocycles. The Kier molecular flexibility index (Phi) is 2.87. The van der Waals surface area contributed by atoms with Gasteiger partial charge in [0.25, 0.3) is 0 Å². The van der Waals surface area contributed by atoms with Gasteiger partial charge in [-0.05, 0) is 25.8 Å². The largest absolute Gasteiger partial charge is 0.307 e. The van der Waals surface area contributed by atoms with Crippen LogP contribution in [0.1, 0.15) is 32.6 Å². The molecule has 1 saturated heterocycles. The van der Waals surface area contributed by atoms with Gasteiger partial charge >= 0.3 is 0 Å². The second kappa shape index (κ2) is 3.71. The predicted molar refractivity (Wildman–Crippen MR) is 40.9 cm³/mol. The molecule has 0 aromatic rings. The highest BCUT2D eigenvalue weighted by Crippen LogP contribution is 2.06. The van der Waals surface area contributed by atoms with Crippen molar-refractivity contribution in [2.75, 3.05) is 6.54 Å². The summed E-state index contributed by atoms with van der Waals surface area (Å²) in [6, 6.07) is 0.155. The molecule has 0 aliphatic carbocycles. The molecule has 0 spiro atoms. The van der Waals surface area contributed by atoms with Gasteiger partial charge in [-0.2, -0.15) is 0 Å². The van der Waals surface area contributed by atoms with E-state index in [4.69, 9.17) is 0 Å². The quantitative estimate of drug-likeness (QED) is 0.592. The van der Waals surface area contributed by atoms with Crippen LogP contribution in [0.4, 0.5) is 0 Å². The minimum atomic E-state index is 0.155. The third kappa shape index (κ3) is 1.81. The Morgan fingerprint density at radius 2 is 2.40 bits per heavy atom. The number of carbonyl (C=O) groups excluding carboxylic acids is 1. The van der Waals surface area contributed by atoms with E-state index in [2.05, 4.69) is 12.2 Å². The number of Topliss-reactive ketones (excluding diaryl/α,β-unsaturated/α-hetero) is 1. The standard InChI is InChI=1S/C8H15NO/c1-2-7-8(10)5-3-4-6-9-7/h7,9H,2-6H2,1H3. The number of carbonyl (C=O) groups is 1. The van der Waals surface area contributed by atoms with Gasteiger partial charge in [-0.25, -0.2) is 0 Å². The van der Waals surface area contributed by atoms with Crippen molar-refractivity contribution >= 4 is 5.78 Å². The van der Waals surface area contributed by atoms with Crippen molar-refractivity contribution in [1.82, 2.24) is 5.32 Å². The summed E-state index contributed by atoms with van der Waals surface area (Å²) >= 11 is 0. The second-order valence-electron chi connectivity index (χ2n) is 2.84. The van der Waals surface area contributed by atoms with Crippen molar-refractivity contribution in [1.29, 1.82) is 0 Å². The van der Waals surface area contributed by atoms with Crippen LogP contribution in [-0.4, -0.2) is 18.4 Å². The van der Waals surface area contributed by atoms with Crippen LogP contribution in [0.3, 0.4) is 0 Å². The zero-order valence-corrected chi connectivity index (χ0v) is 6.52. The van der Waals surface area contributed by atoms with E-state index in [1.54, 1.807) is 0 Å². The number of nitrogens with one attached hydrogen (secondary N) is 1. The van der Waals surface area contributed by atoms with Crippen molar-refractivity contribution in [3.05, 3.63) is 0 Å². The van der Waals surface area contributed by atoms with Crippen LogP contribution in [0.5, 0.6) is 0 Å². The van der Waals surface area contributed by atoms with Gasteiger partial charge in [0.05, 0.1) is 6.04 Å². The first-order valence-corrected chi connectivity index (χ1v) is 4.10. The summed E-state index contributed by atoms with van der Waals surface area (Å²) in [6.45, 7) is 3.07. The first-order valence-electron chi connectivity index (χ1n) is 4.10. The van der Waals surface area contributed by atoms with Gasteiger partial charge in [-0.3, -0.25) is 4.79 Å². The number of rotatable bonds is 1. The molecule has 0 aromatic heterocycles. The van der Waals surface area contributed by atoms with E-state index in [-0.39, 0.29) is 6.04 Å². The van der Waals surface area contributed by atoms with Crippen LogP contribution < -0.4 is 5.32 Å². The maximum Gasteiger partial charge on any atom is 0.149 e. The molecule has 1 fully saturated rings. The Morgan fingerprint density at radius 1 is 1.60 bits per heavy atom. The van der Waals surface area contributed by atoms with E-state index in [0.29, 0.717) is 5.78 Å². The lowest BCUT2D eigenvalue weighted by Crippen LogP contribution is -2.34. The third-order valence-electron chi connectivity index (χ3n) is 2.04. The Bertz CT molecular complexity index is 122. The van der Waals surface area contributed by atoms with Crippen LogP contribution in [0.25, 0.3) is 0 Å². The number of ketones is 1. The van der Waals surface area contributed by atoms with Gasteiger partial charge in [-0.15, -0.1) is 0 Å². The topological polar surface area (TPSA) is 29.1 Å². The normalized spacial score (nSPS) is 28.1. The molecule has 1 unspecified atom stereocenters. The fourth-order valence-corrected chi connectivity index (χ4v) is 1.36. The fourth-order valence-electron chi connectivity index (χ4n) is 1.36. The van der Waals surface area contributed by atoms with Crippen LogP contribution in [-0.2, 0) is 4.79 Å². The van der Waals surface area contributed by atoms with Crippen LogP contribution in [0.15, 0.2) is 0 Å². The summed E-state index contributed by atoms with van der Waals surface area (Å²) < 4.78 is 0. The second-order valence-corrected chi connectivity index (χ2v) is 2.84. The average molecular weight is 141 g/mol. The smallest absolute Gasteiger partial charge is 0.149 e. The minimum absolute atomic E-state index is 0.155. The zero-order chi connectivity index (χ0) is 7.40. The van der Waals surface area contributed by atoms with Crippen LogP contribution in [0, 0.1) is 0 Å². The molecule has 2 nitrogen and oxygen atoms in total. The molecule has 58 valence electrons. The SMILES string of the molecule is CCC1NCCCCC1=O. The van der Waals surface area contributed by atoms with Crippen LogP contribution in [0.2, 0.25) is 0 Å². The van der Waals surface area contributed by atoms with Crippen molar-refractivity contribution in [3.63, 3.8) is 0 Å². The molecule has 1 rings (SSSR count). The molecular weight excluding hydrogens is 126 g/mol. The molecule has 1 heterocycles. The van der Waals surface area contributed by atoms with Gasteiger partial charge in [0.15, 0.2) is 0 Å². The highest BCUT2D eigenvalue weighted by atomic mass is 16.1. The lowest BCUT2D eigenvalue weighted by Gasteiger charge is -2.10. The summed E-state index contributed by atoms with van der Waals surface area (Å²) in [7, 11) is 0. The molecule has 0 bridgehead atoms. The van der Waals surface area contributed by atoms with E-state index in [1.165, 1.54) is 0 Å². The molecule has 10 heavy (non-hydrogen) atoms. The van der Waals surface area contributed by atoms with Crippen molar-refractivity contribution in [2.45, 2.75) is 38.6 Å². The summed E-state index contributed by atoms with van der Waals surface area (Å²) in [4.78, 5) is 11.2. The van der Waals surface area contributed by atoms with E-state index in [9.17, 15) is 4.79 Å². The summed E-state index contributed by atoms with van der Waals surface area (Å²) in [5.74, 6) is 0.403. The average Bonchev–Trinajstić information content (AvgIpc) is 2.13. The Morgan fingerprint density at radius 3 is 3.10 bits per heavy atom. The van der Waals surface area contributed by atoms with E-state index < -0.39 is 0 Å². The van der Waals surface area contributed by atoms with E-state index in [1.807, 2.05) is 0 Å². The van der Waals surface area contributed by atoms with Crippen molar-refractivity contribution < 1.29 is 4.79 Å². The van der Waals surface area contributed by atoms with Crippen LogP contribution >= 0.6 is 0 Å². The Labute approximate surface area is 62.0 Å². The molecule has 0 amide bonds. The first-order chi connectivity index (χ1) is 4.84. The molecule has 1 N–H and O–H groups in total. The number of hydrogen-bond donors (Lipinski definition) is 1. The predicted octanol–water partition coefficient (Wildman–Crippen LogP) is 1.11. The minimum Gasteiger partial charge on any atom is -0.307 e. The van der Waals surface area contributed by atoms with Gasteiger partial charge in [0, 0.05) is 6.42 Å². The summed E-state index contributed by atoms with van der Waals surface area (Å²) in [6.07, 6.45) is 3.95. The zero-order valence-electron chi connectivity index (χ0n) is 6.52. The monoisotopic (exact) mass is 141 g/mol. The van der Waals surface area contributed by atoms with Crippen molar-refractivity contribution in [2.24, 2.45) is 0 Å². The van der Waals surface area contributed by atoms with Gasteiger partial charge in [0.2, 0.25) is 0 Å². The van der Waals surface area contributed by atoms with E-state index in [0.717, 1.165) is 32.2 Å². The lowest BCUT2D eigenvalue weighted by atomic mass is 10.1. The molecule has 0 radical (unpaired) electrons. The molecule has 1 atom stereocenters. The molecular formula is C8H15NO. The Balaban J connectivity index is 2.43. The molecule has 2 heteroatoms. The number of hydrogen-bond acceptors (Lipinski definition) is 2. The molecule has 0 aromatic carbocycles. The van der Waals surface area contributed by atoms with Crippen molar-refractivity contribution in [3.8, 4) is 0 Å². The Hall–Kier alpha value is -0.370. The summed E-state index contributed by atoms with van der Waals surface area (Å²) in [5.41, 5.74) is 0. The molecule has 0 saturated carbocycles. The highest BCUT2D eigenvalue weighted by Gasteiger charge is 2.17. The van der Waals surface area contributed by atoms with Gasteiger partial charge in [-0.1, -0.05) is 6.92 Å². The lowest BCUT2D eigenvalue weighted by molar-refractivity contribution is -0.120.